The maximum absolute atomic E-state index is 13.7. The van der Waals surface area contributed by atoms with Crippen LogP contribution in [-0.4, -0.2) is 36.3 Å². The van der Waals surface area contributed by atoms with Crippen LogP contribution < -0.4 is 10.2 Å². The van der Waals surface area contributed by atoms with Gasteiger partial charge in [-0.1, -0.05) is 89.1 Å². The van der Waals surface area contributed by atoms with Crippen molar-refractivity contribution in [2.24, 2.45) is 11.8 Å². The standard InChI is InChI=1S/C35H45N3O2/c1-26(2)24-37(25-27(3)4)22-12-6-5-7-13-28-18-20-29(21-19-28)23-34(39)38-32-16-10-8-14-30(32)35(40)36-31-15-9-11-17-33(31)38/h8-11,14-21,26-27H,5-7,12-13,22-25H2,1-4H3,(H,36,40). The smallest absolute Gasteiger partial charge is 0.257 e. The minimum absolute atomic E-state index is 0.0619. The van der Waals surface area contributed by atoms with E-state index in [4.69, 9.17) is 0 Å². The number of amides is 2. The van der Waals surface area contributed by atoms with E-state index in [1.807, 2.05) is 42.5 Å². The Morgan fingerprint density at radius 2 is 1.35 bits per heavy atom. The summed E-state index contributed by atoms with van der Waals surface area (Å²) in [5.41, 5.74) is 4.73. The monoisotopic (exact) mass is 539 g/mol. The Kier molecular flexibility index (Phi) is 10.5. The van der Waals surface area contributed by atoms with Gasteiger partial charge in [0.2, 0.25) is 5.91 Å². The van der Waals surface area contributed by atoms with Gasteiger partial charge in [0.15, 0.2) is 0 Å². The number of anilines is 3. The number of nitrogens with zero attached hydrogens (tertiary/aromatic N) is 2. The lowest BCUT2D eigenvalue weighted by molar-refractivity contribution is -0.117. The van der Waals surface area contributed by atoms with Gasteiger partial charge in [0.05, 0.1) is 29.0 Å². The van der Waals surface area contributed by atoms with Crippen LogP contribution in [0.1, 0.15) is 74.9 Å². The van der Waals surface area contributed by atoms with E-state index in [0.717, 1.165) is 12.0 Å². The number of carbonyl (C=O) groups is 2. The number of benzene rings is 3. The number of rotatable bonds is 13. The average Bonchev–Trinajstić information content (AvgIpc) is 3.04. The number of carbonyl (C=O) groups excluding carboxylic acids is 2. The fraction of sp³-hybridized carbons (Fsp3) is 0.429. The molecule has 1 N–H and O–H groups in total. The van der Waals surface area contributed by atoms with E-state index in [-0.39, 0.29) is 18.2 Å². The third-order valence-corrected chi connectivity index (χ3v) is 7.35. The quantitative estimate of drug-likeness (QED) is 0.225. The molecule has 5 heteroatoms. The number of hydrogen-bond acceptors (Lipinski definition) is 3. The SMILES string of the molecule is CC(C)CN(CCCCCCc1ccc(CC(=O)N2c3ccccc3NC(=O)c3ccccc32)cc1)CC(C)C. The molecule has 0 saturated heterocycles. The largest absolute Gasteiger partial charge is 0.320 e. The van der Waals surface area contributed by atoms with Crippen LogP contribution in [0.15, 0.2) is 72.8 Å². The summed E-state index contributed by atoms with van der Waals surface area (Å²) in [7, 11) is 0. The lowest BCUT2D eigenvalue weighted by Gasteiger charge is -2.26. The molecule has 40 heavy (non-hydrogen) atoms. The van der Waals surface area contributed by atoms with Crippen LogP contribution in [0.4, 0.5) is 17.1 Å². The molecule has 0 saturated carbocycles. The first-order valence-corrected chi connectivity index (χ1v) is 14.9. The van der Waals surface area contributed by atoms with Gasteiger partial charge in [-0.25, -0.2) is 0 Å². The molecule has 0 radical (unpaired) electrons. The Bertz CT molecular complexity index is 1260. The molecular formula is C35H45N3O2. The number of hydrogen-bond donors (Lipinski definition) is 1. The van der Waals surface area contributed by atoms with Crippen molar-refractivity contribution in [2.45, 2.75) is 66.2 Å². The van der Waals surface area contributed by atoms with Gasteiger partial charge in [0.25, 0.3) is 5.91 Å². The fourth-order valence-electron chi connectivity index (χ4n) is 5.61. The van der Waals surface area contributed by atoms with Crippen LogP contribution in [0.2, 0.25) is 0 Å². The summed E-state index contributed by atoms with van der Waals surface area (Å²) < 4.78 is 0. The van der Waals surface area contributed by atoms with Crippen molar-refractivity contribution in [2.75, 3.05) is 29.9 Å². The summed E-state index contributed by atoms with van der Waals surface area (Å²) in [6, 6.07) is 23.2. The molecule has 0 aromatic heterocycles. The second-order valence-electron chi connectivity index (χ2n) is 11.9. The summed E-state index contributed by atoms with van der Waals surface area (Å²) in [5, 5.41) is 2.95. The van der Waals surface area contributed by atoms with E-state index in [2.05, 4.69) is 62.2 Å². The molecule has 0 fully saturated rings. The summed E-state index contributed by atoms with van der Waals surface area (Å²) in [6.45, 7) is 12.8. The molecule has 3 aromatic rings. The molecular weight excluding hydrogens is 494 g/mol. The number of nitrogens with one attached hydrogen (secondary N) is 1. The van der Waals surface area contributed by atoms with Crippen molar-refractivity contribution in [1.82, 2.24) is 4.90 Å². The predicted molar refractivity (Wildman–Crippen MR) is 166 cm³/mol. The Hall–Kier alpha value is -3.44. The zero-order valence-electron chi connectivity index (χ0n) is 24.7. The van der Waals surface area contributed by atoms with Crippen molar-refractivity contribution in [3.63, 3.8) is 0 Å². The van der Waals surface area contributed by atoms with E-state index >= 15 is 0 Å². The summed E-state index contributed by atoms with van der Waals surface area (Å²) in [5.74, 6) is 1.17. The highest BCUT2D eigenvalue weighted by Crippen LogP contribution is 2.38. The van der Waals surface area contributed by atoms with Gasteiger partial charge >= 0.3 is 0 Å². The van der Waals surface area contributed by atoms with Gasteiger partial charge < -0.3 is 10.2 Å². The number of unbranched alkanes of at least 4 members (excludes halogenated alkanes) is 3. The van der Waals surface area contributed by atoms with Crippen LogP contribution in [0.3, 0.4) is 0 Å². The molecule has 3 aromatic carbocycles. The number of fused-ring (bicyclic) bond motifs is 2. The lowest BCUT2D eigenvalue weighted by Crippen LogP contribution is -2.32. The maximum Gasteiger partial charge on any atom is 0.257 e. The van der Waals surface area contributed by atoms with Crippen molar-refractivity contribution in [3.8, 4) is 0 Å². The van der Waals surface area contributed by atoms with Gasteiger partial charge in [0, 0.05) is 13.1 Å². The van der Waals surface area contributed by atoms with Gasteiger partial charge in [-0.2, -0.15) is 0 Å². The first-order valence-electron chi connectivity index (χ1n) is 14.9. The van der Waals surface area contributed by atoms with Gasteiger partial charge in [0.1, 0.15) is 0 Å². The molecule has 0 spiro atoms. The minimum atomic E-state index is -0.203. The topological polar surface area (TPSA) is 52.7 Å². The normalized spacial score (nSPS) is 12.9. The van der Waals surface area contributed by atoms with E-state index in [1.54, 1.807) is 11.0 Å². The fourth-order valence-corrected chi connectivity index (χ4v) is 5.61. The zero-order chi connectivity index (χ0) is 28.5. The van der Waals surface area contributed by atoms with Gasteiger partial charge in [-0.05, 0) is 73.0 Å². The van der Waals surface area contributed by atoms with E-state index < -0.39 is 0 Å². The van der Waals surface area contributed by atoms with Crippen molar-refractivity contribution < 1.29 is 9.59 Å². The predicted octanol–water partition coefficient (Wildman–Crippen LogP) is 7.88. The molecule has 0 bridgehead atoms. The second-order valence-corrected chi connectivity index (χ2v) is 11.9. The number of aryl methyl sites for hydroxylation is 1. The second kappa shape index (κ2) is 14.3. The first-order chi connectivity index (χ1) is 19.3. The molecule has 0 atom stereocenters. The third kappa shape index (κ3) is 8.04. The van der Waals surface area contributed by atoms with Crippen molar-refractivity contribution in [1.29, 1.82) is 0 Å². The first kappa shape index (κ1) is 29.5. The van der Waals surface area contributed by atoms with Gasteiger partial charge in [-0.3, -0.25) is 14.5 Å². The highest BCUT2D eigenvalue weighted by molar-refractivity contribution is 6.17. The van der Waals surface area contributed by atoms with Gasteiger partial charge in [-0.15, -0.1) is 0 Å². The minimum Gasteiger partial charge on any atom is -0.320 e. The van der Waals surface area contributed by atoms with Crippen LogP contribution >= 0.6 is 0 Å². The van der Waals surface area contributed by atoms with Crippen molar-refractivity contribution >= 4 is 28.9 Å². The highest BCUT2D eigenvalue weighted by atomic mass is 16.2. The molecule has 5 nitrogen and oxygen atoms in total. The van der Waals surface area contributed by atoms with E-state index in [0.29, 0.717) is 34.5 Å². The number of para-hydroxylation sites is 3. The molecule has 4 rings (SSSR count). The molecule has 2 amide bonds. The van der Waals surface area contributed by atoms with E-state index in [1.165, 1.54) is 50.9 Å². The van der Waals surface area contributed by atoms with Crippen molar-refractivity contribution in [3.05, 3.63) is 89.5 Å². The van der Waals surface area contributed by atoms with Crippen LogP contribution in [0.5, 0.6) is 0 Å². The Balaban J connectivity index is 1.30. The summed E-state index contributed by atoms with van der Waals surface area (Å²) in [4.78, 5) is 30.8. The third-order valence-electron chi connectivity index (χ3n) is 7.35. The maximum atomic E-state index is 13.7. The Morgan fingerprint density at radius 1 is 0.750 bits per heavy atom. The molecule has 0 aliphatic carbocycles. The molecule has 212 valence electrons. The van der Waals surface area contributed by atoms with Crippen LogP contribution in [-0.2, 0) is 17.6 Å². The van der Waals surface area contributed by atoms with E-state index in [9.17, 15) is 9.59 Å². The zero-order valence-corrected chi connectivity index (χ0v) is 24.7. The van der Waals surface area contributed by atoms with Crippen LogP contribution in [0, 0.1) is 11.8 Å². The summed E-state index contributed by atoms with van der Waals surface area (Å²) >= 11 is 0. The Morgan fingerprint density at radius 3 is 2.05 bits per heavy atom. The summed E-state index contributed by atoms with van der Waals surface area (Å²) in [6.07, 6.45) is 6.31. The highest BCUT2D eigenvalue weighted by Gasteiger charge is 2.28. The lowest BCUT2D eigenvalue weighted by atomic mass is 10.0. The molecule has 1 aliphatic heterocycles. The molecule has 1 heterocycles. The molecule has 0 unspecified atom stereocenters. The Labute approximate surface area is 240 Å². The molecule has 1 aliphatic rings. The van der Waals surface area contributed by atoms with Crippen LogP contribution in [0.25, 0.3) is 0 Å². The average molecular weight is 540 g/mol.